The van der Waals surface area contributed by atoms with Gasteiger partial charge in [-0.2, -0.15) is 5.10 Å². The molecule has 0 bridgehead atoms. The number of hydrazone groups is 1. The number of quaternary nitrogens is 1. The number of hydrogen-bond acceptors (Lipinski definition) is 2. The van der Waals surface area contributed by atoms with E-state index >= 15 is 0 Å². The van der Waals surface area contributed by atoms with Crippen molar-refractivity contribution in [3.8, 4) is 0 Å². The van der Waals surface area contributed by atoms with Crippen LogP contribution < -0.4 is 4.90 Å². The first kappa shape index (κ1) is 14.8. The van der Waals surface area contributed by atoms with E-state index in [0.29, 0.717) is 0 Å². The van der Waals surface area contributed by atoms with E-state index in [1.165, 1.54) is 11.1 Å². The van der Waals surface area contributed by atoms with Crippen LogP contribution in [0.2, 0.25) is 0 Å². The Bertz CT molecular complexity index is 596. The van der Waals surface area contributed by atoms with Gasteiger partial charge in [0, 0.05) is 5.56 Å². The molecule has 22 heavy (non-hydrogen) atoms. The Labute approximate surface area is 132 Å². The fraction of sp³-hybridized carbons (Fsp3) is 0.316. The van der Waals surface area contributed by atoms with Gasteiger partial charge in [-0.15, -0.1) is 0 Å². The van der Waals surface area contributed by atoms with Gasteiger partial charge in [0.05, 0.1) is 32.4 Å². The largest absolute Gasteiger partial charge is 0.328 e. The van der Waals surface area contributed by atoms with Crippen molar-refractivity contribution in [3.05, 3.63) is 71.3 Å². The molecule has 1 fully saturated rings. The van der Waals surface area contributed by atoms with E-state index in [2.05, 4.69) is 53.4 Å². The van der Waals surface area contributed by atoms with E-state index in [1.807, 2.05) is 24.4 Å². The minimum Gasteiger partial charge on any atom is -0.328 e. The lowest BCUT2D eigenvalue weighted by molar-refractivity contribution is -0.918. The van der Waals surface area contributed by atoms with Crippen LogP contribution in [0.25, 0.3) is 0 Å². The lowest BCUT2D eigenvalue weighted by Gasteiger charge is -2.30. The Kier molecular flexibility index (Phi) is 4.86. The molecule has 0 atom stereocenters. The summed E-state index contributed by atoms with van der Waals surface area (Å²) < 4.78 is 0. The second-order valence-corrected chi connectivity index (χ2v) is 6.02. The van der Waals surface area contributed by atoms with Crippen LogP contribution >= 0.6 is 0 Å². The molecule has 0 spiro atoms. The average molecular weight is 294 g/mol. The van der Waals surface area contributed by atoms with Gasteiger partial charge in [0.1, 0.15) is 6.54 Å². The summed E-state index contributed by atoms with van der Waals surface area (Å²) in [4.78, 5) is 1.65. The molecule has 3 heteroatoms. The first-order valence-electron chi connectivity index (χ1n) is 8.03. The van der Waals surface area contributed by atoms with E-state index in [4.69, 9.17) is 0 Å². The number of rotatable bonds is 4. The predicted octanol–water partition coefficient (Wildman–Crippen LogP) is 1.73. The molecule has 1 aliphatic heterocycles. The highest BCUT2D eigenvalue weighted by atomic mass is 15.5. The summed E-state index contributed by atoms with van der Waals surface area (Å²) in [5, 5.41) is 6.79. The van der Waals surface area contributed by atoms with E-state index in [0.717, 1.165) is 38.3 Å². The SMILES string of the molecule is Cc1ccc(C[NH+]2CCN(/N=C/c3ccccc3)CC2)cc1. The van der Waals surface area contributed by atoms with Crippen molar-refractivity contribution in [2.45, 2.75) is 13.5 Å². The van der Waals surface area contributed by atoms with Crippen molar-refractivity contribution < 1.29 is 4.90 Å². The molecule has 3 rings (SSSR count). The minimum atomic E-state index is 1.03. The Balaban J connectivity index is 1.48. The Hall–Kier alpha value is -2.13. The summed E-state index contributed by atoms with van der Waals surface area (Å²) in [6.45, 7) is 7.63. The first-order valence-corrected chi connectivity index (χ1v) is 8.03. The predicted molar refractivity (Wildman–Crippen MR) is 91.2 cm³/mol. The van der Waals surface area contributed by atoms with Crippen molar-refractivity contribution >= 4 is 6.21 Å². The quantitative estimate of drug-likeness (QED) is 0.852. The van der Waals surface area contributed by atoms with Gasteiger partial charge in [-0.1, -0.05) is 60.2 Å². The smallest absolute Gasteiger partial charge is 0.103 e. The average Bonchev–Trinajstić information content (AvgIpc) is 2.57. The molecular formula is C19H24N3+. The Morgan fingerprint density at radius 2 is 1.68 bits per heavy atom. The zero-order valence-electron chi connectivity index (χ0n) is 13.2. The third-order valence-corrected chi connectivity index (χ3v) is 4.19. The van der Waals surface area contributed by atoms with Gasteiger partial charge in [-0.25, -0.2) is 0 Å². The molecule has 0 unspecified atom stereocenters. The summed E-state index contributed by atoms with van der Waals surface area (Å²) in [5.41, 5.74) is 3.93. The second-order valence-electron chi connectivity index (χ2n) is 6.02. The van der Waals surface area contributed by atoms with Crippen LogP contribution in [0, 0.1) is 6.92 Å². The van der Waals surface area contributed by atoms with E-state index < -0.39 is 0 Å². The van der Waals surface area contributed by atoms with Gasteiger partial charge in [0.25, 0.3) is 0 Å². The zero-order valence-corrected chi connectivity index (χ0v) is 13.2. The maximum atomic E-state index is 4.60. The van der Waals surface area contributed by atoms with Crippen LogP contribution in [0.15, 0.2) is 59.7 Å². The summed E-state index contributed by atoms with van der Waals surface area (Å²) in [6, 6.07) is 19.2. The molecule has 2 aromatic rings. The summed E-state index contributed by atoms with van der Waals surface area (Å²) in [7, 11) is 0. The molecule has 1 N–H and O–H groups in total. The van der Waals surface area contributed by atoms with Crippen LogP contribution in [0.1, 0.15) is 16.7 Å². The van der Waals surface area contributed by atoms with Crippen molar-refractivity contribution in [1.29, 1.82) is 0 Å². The Morgan fingerprint density at radius 3 is 2.36 bits per heavy atom. The number of aryl methyl sites for hydroxylation is 1. The molecular weight excluding hydrogens is 270 g/mol. The zero-order chi connectivity index (χ0) is 15.2. The second kappa shape index (κ2) is 7.23. The van der Waals surface area contributed by atoms with Gasteiger partial charge in [0.15, 0.2) is 0 Å². The van der Waals surface area contributed by atoms with Crippen LogP contribution in [-0.4, -0.2) is 37.4 Å². The monoisotopic (exact) mass is 294 g/mol. The van der Waals surface area contributed by atoms with Crippen molar-refractivity contribution in [1.82, 2.24) is 5.01 Å². The number of benzene rings is 2. The maximum Gasteiger partial charge on any atom is 0.103 e. The molecule has 114 valence electrons. The molecule has 1 heterocycles. The maximum absolute atomic E-state index is 4.60. The van der Waals surface area contributed by atoms with E-state index in [9.17, 15) is 0 Å². The molecule has 1 aliphatic rings. The van der Waals surface area contributed by atoms with Gasteiger partial charge in [-0.05, 0) is 12.5 Å². The summed E-state index contributed by atoms with van der Waals surface area (Å²) >= 11 is 0. The highest BCUT2D eigenvalue weighted by Gasteiger charge is 2.18. The third-order valence-electron chi connectivity index (χ3n) is 4.19. The van der Waals surface area contributed by atoms with Crippen molar-refractivity contribution in [2.75, 3.05) is 26.2 Å². The lowest BCUT2D eigenvalue weighted by Crippen LogP contribution is -3.13. The van der Waals surface area contributed by atoms with Gasteiger partial charge < -0.3 is 4.90 Å². The van der Waals surface area contributed by atoms with Crippen LogP contribution in [0.5, 0.6) is 0 Å². The van der Waals surface area contributed by atoms with Gasteiger partial charge in [-0.3, -0.25) is 5.01 Å². The first-order chi connectivity index (χ1) is 10.8. The molecule has 0 saturated carbocycles. The van der Waals surface area contributed by atoms with E-state index in [1.54, 1.807) is 4.90 Å². The molecule has 3 nitrogen and oxygen atoms in total. The Morgan fingerprint density at radius 1 is 1.00 bits per heavy atom. The van der Waals surface area contributed by atoms with Gasteiger partial charge in [0.2, 0.25) is 0 Å². The number of hydrogen-bond donors (Lipinski definition) is 1. The van der Waals surface area contributed by atoms with E-state index in [-0.39, 0.29) is 0 Å². The number of nitrogens with one attached hydrogen (secondary N) is 1. The molecule has 0 aromatic heterocycles. The highest BCUT2D eigenvalue weighted by molar-refractivity contribution is 5.79. The molecule has 1 saturated heterocycles. The van der Waals surface area contributed by atoms with Crippen LogP contribution in [0.3, 0.4) is 0 Å². The lowest BCUT2D eigenvalue weighted by atomic mass is 10.1. The highest BCUT2D eigenvalue weighted by Crippen LogP contribution is 2.02. The standard InChI is InChI=1S/C19H23N3/c1-17-7-9-19(10-8-17)16-21-11-13-22(14-12-21)20-15-18-5-3-2-4-6-18/h2-10,15H,11-14,16H2,1H3/p+1/b20-15+. The molecule has 0 aliphatic carbocycles. The summed E-state index contributed by atoms with van der Waals surface area (Å²) in [5.74, 6) is 0. The number of piperazine rings is 1. The fourth-order valence-corrected chi connectivity index (χ4v) is 2.79. The van der Waals surface area contributed by atoms with Crippen molar-refractivity contribution in [2.24, 2.45) is 5.10 Å². The number of nitrogens with zero attached hydrogens (tertiary/aromatic N) is 2. The van der Waals surface area contributed by atoms with Crippen LogP contribution in [0.4, 0.5) is 0 Å². The topological polar surface area (TPSA) is 20.0 Å². The minimum absolute atomic E-state index is 1.03. The molecule has 2 aromatic carbocycles. The molecule has 0 amide bonds. The van der Waals surface area contributed by atoms with Gasteiger partial charge >= 0.3 is 0 Å². The molecule has 0 radical (unpaired) electrons. The normalized spacial score (nSPS) is 16.3. The third kappa shape index (κ3) is 4.18. The van der Waals surface area contributed by atoms with Crippen LogP contribution in [-0.2, 0) is 6.54 Å². The van der Waals surface area contributed by atoms with Crippen molar-refractivity contribution in [3.63, 3.8) is 0 Å². The fourth-order valence-electron chi connectivity index (χ4n) is 2.79. The summed E-state index contributed by atoms with van der Waals surface area (Å²) in [6.07, 6.45) is 1.96.